The Bertz CT molecular complexity index is 323. The molecule has 0 unspecified atom stereocenters. The summed E-state index contributed by atoms with van der Waals surface area (Å²) in [5.74, 6) is 0.302. The number of carbonyl (C=O) groups excluding carboxylic acids is 1. The van der Waals surface area contributed by atoms with Crippen molar-refractivity contribution in [3.63, 3.8) is 0 Å². The highest BCUT2D eigenvalue weighted by Crippen LogP contribution is 2.20. The van der Waals surface area contributed by atoms with Gasteiger partial charge in [0, 0.05) is 18.8 Å². The first-order valence-electron chi connectivity index (χ1n) is 3.84. The highest BCUT2D eigenvalue weighted by atomic mass is 16.5. The first kappa shape index (κ1) is 9.38. The minimum atomic E-state index is -0.183. The van der Waals surface area contributed by atoms with Gasteiger partial charge in [0.1, 0.15) is 5.75 Å². The summed E-state index contributed by atoms with van der Waals surface area (Å²) in [5, 5.41) is 2.52. The predicted molar refractivity (Wildman–Crippen MR) is 50.8 cm³/mol. The Morgan fingerprint density at radius 3 is 2.77 bits per heavy atom. The second-order valence-electron chi connectivity index (χ2n) is 2.54. The summed E-state index contributed by atoms with van der Waals surface area (Å²) >= 11 is 0. The molecule has 0 radical (unpaired) electrons. The third-order valence-electron chi connectivity index (χ3n) is 1.70. The standard InChI is InChI=1S/C9H12N2O2/c1-11-9(12)7-4-3-6(10)5-8(7)13-2/h3-5H,10H2,1-2H3,(H,11,12). The molecule has 1 amide bonds. The molecule has 0 bridgehead atoms. The zero-order chi connectivity index (χ0) is 9.84. The van der Waals surface area contributed by atoms with Crippen LogP contribution in [0.2, 0.25) is 0 Å². The molecule has 0 saturated heterocycles. The summed E-state index contributed by atoms with van der Waals surface area (Å²) in [5.41, 5.74) is 6.59. The van der Waals surface area contributed by atoms with Crippen LogP contribution >= 0.6 is 0 Å². The molecule has 0 aliphatic carbocycles. The van der Waals surface area contributed by atoms with Crippen molar-refractivity contribution in [1.29, 1.82) is 0 Å². The number of nitrogens with one attached hydrogen (secondary N) is 1. The van der Waals surface area contributed by atoms with Crippen molar-refractivity contribution < 1.29 is 9.53 Å². The Labute approximate surface area is 76.7 Å². The van der Waals surface area contributed by atoms with Gasteiger partial charge in [-0.05, 0) is 12.1 Å². The molecule has 0 aliphatic heterocycles. The molecule has 0 atom stereocenters. The quantitative estimate of drug-likeness (QED) is 0.656. The number of carbonyl (C=O) groups is 1. The number of hydrogen-bond acceptors (Lipinski definition) is 3. The van der Waals surface area contributed by atoms with Crippen LogP contribution in [-0.2, 0) is 0 Å². The molecular formula is C9H12N2O2. The van der Waals surface area contributed by atoms with Crippen molar-refractivity contribution in [2.24, 2.45) is 0 Å². The summed E-state index contributed by atoms with van der Waals surface area (Å²) in [6, 6.07) is 4.91. The van der Waals surface area contributed by atoms with E-state index in [9.17, 15) is 4.79 Å². The van der Waals surface area contributed by atoms with Gasteiger partial charge >= 0.3 is 0 Å². The predicted octanol–water partition coefficient (Wildman–Crippen LogP) is 0.637. The number of amides is 1. The molecule has 0 saturated carbocycles. The van der Waals surface area contributed by atoms with Crippen molar-refractivity contribution in [3.8, 4) is 5.75 Å². The van der Waals surface area contributed by atoms with Gasteiger partial charge in [-0.15, -0.1) is 0 Å². The number of nitrogens with two attached hydrogens (primary N) is 1. The number of ether oxygens (including phenoxy) is 1. The van der Waals surface area contributed by atoms with E-state index in [1.807, 2.05) is 0 Å². The number of rotatable bonds is 2. The average Bonchev–Trinajstić information content (AvgIpc) is 2.16. The Morgan fingerprint density at radius 1 is 1.54 bits per heavy atom. The van der Waals surface area contributed by atoms with Crippen LogP contribution in [0.15, 0.2) is 18.2 Å². The molecule has 4 nitrogen and oxygen atoms in total. The lowest BCUT2D eigenvalue weighted by molar-refractivity contribution is 0.0960. The maximum absolute atomic E-state index is 11.3. The average molecular weight is 180 g/mol. The van der Waals surface area contributed by atoms with Crippen LogP contribution in [0.1, 0.15) is 10.4 Å². The van der Waals surface area contributed by atoms with Gasteiger partial charge in [-0.3, -0.25) is 4.79 Å². The highest BCUT2D eigenvalue weighted by molar-refractivity contribution is 5.97. The lowest BCUT2D eigenvalue weighted by atomic mass is 10.1. The Morgan fingerprint density at radius 2 is 2.23 bits per heavy atom. The van der Waals surface area contributed by atoms with Crippen molar-refractivity contribution >= 4 is 11.6 Å². The van der Waals surface area contributed by atoms with Gasteiger partial charge < -0.3 is 15.8 Å². The van der Waals surface area contributed by atoms with E-state index < -0.39 is 0 Å². The minimum absolute atomic E-state index is 0.183. The molecule has 0 spiro atoms. The van der Waals surface area contributed by atoms with Crippen LogP contribution in [0.25, 0.3) is 0 Å². The molecule has 0 aromatic heterocycles. The van der Waals surface area contributed by atoms with E-state index in [1.54, 1.807) is 25.2 Å². The molecule has 4 heteroatoms. The molecule has 0 fully saturated rings. The monoisotopic (exact) mass is 180 g/mol. The maximum Gasteiger partial charge on any atom is 0.254 e. The van der Waals surface area contributed by atoms with Gasteiger partial charge in [-0.2, -0.15) is 0 Å². The SMILES string of the molecule is CNC(=O)c1ccc(N)cc1OC. The van der Waals surface area contributed by atoms with Crippen LogP contribution in [0, 0.1) is 0 Å². The number of anilines is 1. The Kier molecular flexibility index (Phi) is 2.74. The van der Waals surface area contributed by atoms with E-state index >= 15 is 0 Å². The summed E-state index contributed by atoms with van der Waals surface area (Å²) in [4.78, 5) is 11.3. The normalized spacial score (nSPS) is 9.38. The molecule has 0 heterocycles. The minimum Gasteiger partial charge on any atom is -0.496 e. The number of hydrogen-bond donors (Lipinski definition) is 2. The Balaban J connectivity index is 3.13. The number of nitrogen functional groups attached to an aromatic ring is 1. The van der Waals surface area contributed by atoms with Gasteiger partial charge in [0.25, 0.3) is 5.91 Å². The first-order chi connectivity index (χ1) is 6.19. The fourth-order valence-corrected chi connectivity index (χ4v) is 1.03. The fraction of sp³-hybridized carbons (Fsp3) is 0.222. The van der Waals surface area contributed by atoms with Gasteiger partial charge in [-0.1, -0.05) is 0 Å². The molecule has 1 rings (SSSR count). The summed E-state index contributed by atoms with van der Waals surface area (Å²) in [6.45, 7) is 0. The largest absolute Gasteiger partial charge is 0.496 e. The fourth-order valence-electron chi connectivity index (χ4n) is 1.03. The van der Waals surface area contributed by atoms with Crippen LogP contribution in [-0.4, -0.2) is 20.1 Å². The molecule has 70 valence electrons. The number of benzene rings is 1. The van der Waals surface area contributed by atoms with Crippen molar-refractivity contribution in [2.45, 2.75) is 0 Å². The molecular weight excluding hydrogens is 168 g/mol. The lowest BCUT2D eigenvalue weighted by Crippen LogP contribution is -2.18. The second-order valence-corrected chi connectivity index (χ2v) is 2.54. The van der Waals surface area contributed by atoms with Crippen LogP contribution < -0.4 is 15.8 Å². The molecule has 13 heavy (non-hydrogen) atoms. The van der Waals surface area contributed by atoms with E-state index in [0.29, 0.717) is 17.0 Å². The first-order valence-corrected chi connectivity index (χ1v) is 3.84. The molecule has 1 aromatic carbocycles. The van der Waals surface area contributed by atoms with E-state index in [0.717, 1.165) is 0 Å². The number of methoxy groups -OCH3 is 1. The molecule has 3 N–H and O–H groups in total. The van der Waals surface area contributed by atoms with Gasteiger partial charge in [-0.25, -0.2) is 0 Å². The topological polar surface area (TPSA) is 64.4 Å². The maximum atomic E-state index is 11.3. The van der Waals surface area contributed by atoms with Gasteiger partial charge in [0.05, 0.1) is 12.7 Å². The van der Waals surface area contributed by atoms with E-state index in [2.05, 4.69) is 5.32 Å². The van der Waals surface area contributed by atoms with E-state index in [1.165, 1.54) is 7.11 Å². The second kappa shape index (κ2) is 3.80. The van der Waals surface area contributed by atoms with Crippen LogP contribution in [0.4, 0.5) is 5.69 Å². The van der Waals surface area contributed by atoms with Crippen LogP contribution in [0.5, 0.6) is 5.75 Å². The van der Waals surface area contributed by atoms with Gasteiger partial charge in [0.15, 0.2) is 0 Å². The van der Waals surface area contributed by atoms with Crippen molar-refractivity contribution in [2.75, 3.05) is 19.9 Å². The third-order valence-corrected chi connectivity index (χ3v) is 1.70. The zero-order valence-electron chi connectivity index (χ0n) is 7.63. The summed E-state index contributed by atoms with van der Waals surface area (Å²) in [6.07, 6.45) is 0. The van der Waals surface area contributed by atoms with E-state index in [-0.39, 0.29) is 5.91 Å². The third kappa shape index (κ3) is 1.90. The van der Waals surface area contributed by atoms with Crippen molar-refractivity contribution in [3.05, 3.63) is 23.8 Å². The Hall–Kier alpha value is -1.71. The molecule has 1 aromatic rings. The summed E-state index contributed by atoms with van der Waals surface area (Å²) < 4.78 is 5.01. The summed E-state index contributed by atoms with van der Waals surface area (Å²) in [7, 11) is 3.07. The highest BCUT2D eigenvalue weighted by Gasteiger charge is 2.09. The van der Waals surface area contributed by atoms with Gasteiger partial charge in [0.2, 0.25) is 0 Å². The van der Waals surface area contributed by atoms with Crippen LogP contribution in [0.3, 0.4) is 0 Å². The molecule has 0 aliphatic rings. The van der Waals surface area contributed by atoms with E-state index in [4.69, 9.17) is 10.5 Å². The van der Waals surface area contributed by atoms with Crippen molar-refractivity contribution in [1.82, 2.24) is 5.32 Å². The lowest BCUT2D eigenvalue weighted by Gasteiger charge is -2.07. The smallest absolute Gasteiger partial charge is 0.254 e. The zero-order valence-corrected chi connectivity index (χ0v) is 7.63.